The van der Waals surface area contributed by atoms with E-state index in [9.17, 15) is 4.79 Å². The van der Waals surface area contributed by atoms with Crippen LogP contribution in [0.5, 0.6) is 0 Å². The van der Waals surface area contributed by atoms with E-state index in [0.717, 1.165) is 19.4 Å². The summed E-state index contributed by atoms with van der Waals surface area (Å²) in [6.07, 6.45) is 2.27. The molecule has 2 rings (SSSR count). The normalized spacial score (nSPS) is 15.9. The molecule has 0 radical (unpaired) electrons. The van der Waals surface area contributed by atoms with Gasteiger partial charge in [-0.1, -0.05) is 0 Å². The molecule has 1 aromatic heterocycles. The second-order valence-corrected chi connectivity index (χ2v) is 6.36. The number of hydrogen-bond donors (Lipinski definition) is 0. The maximum atomic E-state index is 12.4. The zero-order valence-corrected chi connectivity index (χ0v) is 11.9. The molecular weight excluding hydrogens is 254 g/mol. The van der Waals surface area contributed by atoms with Crippen LogP contribution >= 0.6 is 22.9 Å². The lowest BCUT2D eigenvalue weighted by molar-refractivity contribution is -0.140. The third-order valence-electron chi connectivity index (χ3n) is 3.09. The predicted molar refractivity (Wildman–Crippen MR) is 72.4 cm³/mol. The van der Waals surface area contributed by atoms with Gasteiger partial charge in [0.15, 0.2) is 0 Å². The third kappa shape index (κ3) is 3.02. The number of amides is 1. The number of hydrogen-bond acceptors (Lipinski definition) is 2. The van der Waals surface area contributed by atoms with Crippen LogP contribution in [0.2, 0.25) is 0 Å². The number of carbonyl (C=O) groups excluding carboxylic acids is 1. The van der Waals surface area contributed by atoms with E-state index in [-0.39, 0.29) is 5.91 Å². The topological polar surface area (TPSA) is 20.3 Å². The predicted octanol–water partition coefficient (Wildman–Crippen LogP) is 3.50. The first-order valence-corrected chi connectivity index (χ1v) is 7.40. The molecule has 0 spiro atoms. The van der Waals surface area contributed by atoms with E-state index in [1.807, 2.05) is 18.7 Å². The number of rotatable bonds is 5. The van der Waals surface area contributed by atoms with Gasteiger partial charge in [-0.15, -0.1) is 11.6 Å². The Morgan fingerprint density at radius 2 is 2.29 bits per heavy atom. The molecule has 1 saturated carbocycles. The molecule has 0 aliphatic heterocycles. The Bertz CT molecular complexity index is 384. The van der Waals surface area contributed by atoms with Crippen LogP contribution in [0.25, 0.3) is 0 Å². The molecule has 1 aromatic rings. The Balaban J connectivity index is 2.10. The van der Waals surface area contributed by atoms with Crippen LogP contribution < -0.4 is 0 Å². The molecular formula is C13H18ClNOS. The lowest BCUT2D eigenvalue weighted by Gasteiger charge is -2.30. The van der Waals surface area contributed by atoms with E-state index in [2.05, 4.69) is 16.8 Å². The number of thiophene rings is 1. The van der Waals surface area contributed by atoms with Gasteiger partial charge in [-0.3, -0.25) is 4.79 Å². The average Bonchev–Trinajstić information content (AvgIpc) is 3.03. The fourth-order valence-corrected chi connectivity index (χ4v) is 2.55. The molecule has 0 aromatic carbocycles. The average molecular weight is 272 g/mol. The number of halogens is 1. The molecule has 0 atom stereocenters. The molecule has 0 unspecified atom stereocenters. The second-order valence-electron chi connectivity index (χ2n) is 5.31. The molecule has 0 N–H and O–H groups in total. The van der Waals surface area contributed by atoms with Crippen LogP contribution in [0.4, 0.5) is 0 Å². The van der Waals surface area contributed by atoms with Gasteiger partial charge in [0.1, 0.15) is 0 Å². The molecule has 0 saturated heterocycles. The molecule has 4 heteroatoms. The summed E-state index contributed by atoms with van der Waals surface area (Å²) in [6.45, 7) is 4.57. The van der Waals surface area contributed by atoms with Crippen LogP contribution in [0.1, 0.15) is 32.3 Å². The van der Waals surface area contributed by atoms with Crippen LogP contribution in [0.3, 0.4) is 0 Å². The number of alkyl halides is 1. The SMILES string of the molecule is CC(C)(CCl)C(=O)N(Cc1ccsc1)C1CC1. The Hall–Kier alpha value is -0.540. The largest absolute Gasteiger partial charge is 0.335 e. The highest BCUT2D eigenvalue weighted by molar-refractivity contribution is 7.07. The molecule has 2 nitrogen and oxygen atoms in total. The zero-order chi connectivity index (χ0) is 12.5. The van der Waals surface area contributed by atoms with Crippen molar-refractivity contribution in [2.24, 2.45) is 5.41 Å². The summed E-state index contributed by atoms with van der Waals surface area (Å²) in [6, 6.07) is 2.52. The van der Waals surface area contributed by atoms with E-state index in [1.165, 1.54) is 5.56 Å². The van der Waals surface area contributed by atoms with E-state index in [1.54, 1.807) is 11.3 Å². The third-order valence-corrected chi connectivity index (χ3v) is 4.49. The lowest BCUT2D eigenvalue weighted by atomic mass is 9.94. The number of nitrogens with zero attached hydrogens (tertiary/aromatic N) is 1. The Labute approximate surface area is 112 Å². The minimum absolute atomic E-state index is 0.182. The highest BCUT2D eigenvalue weighted by Gasteiger charge is 2.39. The summed E-state index contributed by atoms with van der Waals surface area (Å²) in [5, 5.41) is 4.16. The minimum Gasteiger partial charge on any atom is -0.335 e. The fraction of sp³-hybridized carbons (Fsp3) is 0.615. The summed E-state index contributed by atoms with van der Waals surface area (Å²) < 4.78 is 0. The van der Waals surface area contributed by atoms with Crippen molar-refractivity contribution in [2.75, 3.05) is 5.88 Å². The summed E-state index contributed by atoms with van der Waals surface area (Å²) in [5.41, 5.74) is 0.765. The summed E-state index contributed by atoms with van der Waals surface area (Å²) in [4.78, 5) is 14.5. The van der Waals surface area contributed by atoms with Crippen LogP contribution in [0.15, 0.2) is 16.8 Å². The van der Waals surface area contributed by atoms with Crippen molar-refractivity contribution in [1.29, 1.82) is 0 Å². The smallest absolute Gasteiger partial charge is 0.229 e. The summed E-state index contributed by atoms with van der Waals surface area (Å²) >= 11 is 7.57. The highest BCUT2D eigenvalue weighted by atomic mass is 35.5. The molecule has 17 heavy (non-hydrogen) atoms. The molecule has 1 aliphatic carbocycles. The van der Waals surface area contributed by atoms with Crippen molar-refractivity contribution >= 4 is 28.8 Å². The molecule has 1 heterocycles. The first kappa shape index (κ1) is 12.9. The molecule has 1 aliphatic rings. The van der Waals surface area contributed by atoms with E-state index in [0.29, 0.717) is 11.9 Å². The van der Waals surface area contributed by atoms with Crippen molar-refractivity contribution in [1.82, 2.24) is 4.90 Å². The Kier molecular flexibility index (Phi) is 3.79. The Morgan fingerprint density at radius 3 is 2.76 bits per heavy atom. The van der Waals surface area contributed by atoms with Gasteiger partial charge >= 0.3 is 0 Å². The highest BCUT2D eigenvalue weighted by Crippen LogP contribution is 2.33. The van der Waals surface area contributed by atoms with E-state index in [4.69, 9.17) is 11.6 Å². The molecule has 0 bridgehead atoms. The van der Waals surface area contributed by atoms with Gasteiger partial charge in [0.05, 0.1) is 5.41 Å². The first-order chi connectivity index (χ1) is 8.04. The lowest BCUT2D eigenvalue weighted by Crippen LogP contribution is -2.42. The second kappa shape index (κ2) is 4.99. The summed E-state index contributed by atoms with van der Waals surface area (Å²) in [5.74, 6) is 0.555. The zero-order valence-electron chi connectivity index (χ0n) is 10.3. The van der Waals surface area contributed by atoms with Crippen molar-refractivity contribution < 1.29 is 4.79 Å². The van der Waals surface area contributed by atoms with Gasteiger partial charge in [-0.05, 0) is 49.1 Å². The van der Waals surface area contributed by atoms with Crippen LogP contribution in [-0.2, 0) is 11.3 Å². The van der Waals surface area contributed by atoms with Crippen molar-refractivity contribution in [2.45, 2.75) is 39.3 Å². The van der Waals surface area contributed by atoms with Crippen molar-refractivity contribution in [3.8, 4) is 0 Å². The quantitative estimate of drug-likeness (QED) is 0.751. The Morgan fingerprint density at radius 1 is 1.59 bits per heavy atom. The van der Waals surface area contributed by atoms with Crippen molar-refractivity contribution in [3.05, 3.63) is 22.4 Å². The van der Waals surface area contributed by atoms with Gasteiger partial charge in [0.2, 0.25) is 5.91 Å². The van der Waals surface area contributed by atoms with Gasteiger partial charge in [0.25, 0.3) is 0 Å². The van der Waals surface area contributed by atoms with Crippen LogP contribution in [-0.4, -0.2) is 22.7 Å². The standard InChI is InChI=1S/C13H18ClNOS/c1-13(2,9-14)12(16)15(11-3-4-11)7-10-5-6-17-8-10/h5-6,8,11H,3-4,7,9H2,1-2H3. The van der Waals surface area contributed by atoms with Gasteiger partial charge in [0, 0.05) is 18.5 Å². The maximum absolute atomic E-state index is 12.4. The minimum atomic E-state index is -0.458. The monoisotopic (exact) mass is 271 g/mol. The fourth-order valence-electron chi connectivity index (χ4n) is 1.78. The molecule has 94 valence electrons. The molecule has 1 amide bonds. The van der Waals surface area contributed by atoms with E-state index < -0.39 is 5.41 Å². The van der Waals surface area contributed by atoms with E-state index >= 15 is 0 Å². The van der Waals surface area contributed by atoms with Crippen molar-refractivity contribution in [3.63, 3.8) is 0 Å². The first-order valence-electron chi connectivity index (χ1n) is 5.93. The molecule has 1 fully saturated rings. The van der Waals surface area contributed by atoms with Gasteiger partial charge in [-0.25, -0.2) is 0 Å². The van der Waals surface area contributed by atoms with Gasteiger partial charge < -0.3 is 4.90 Å². The number of carbonyl (C=O) groups is 1. The summed E-state index contributed by atoms with van der Waals surface area (Å²) in [7, 11) is 0. The van der Waals surface area contributed by atoms with Crippen LogP contribution in [0, 0.1) is 5.41 Å². The maximum Gasteiger partial charge on any atom is 0.229 e. The van der Waals surface area contributed by atoms with Gasteiger partial charge in [-0.2, -0.15) is 11.3 Å².